The van der Waals surface area contributed by atoms with Gasteiger partial charge in [-0.2, -0.15) is 0 Å². The minimum Gasteiger partial charge on any atom is -0.484 e. The van der Waals surface area contributed by atoms with Crippen molar-refractivity contribution in [2.45, 2.75) is 57.8 Å². The molecule has 0 atom stereocenters. The molecule has 1 amide bonds. The van der Waals surface area contributed by atoms with Gasteiger partial charge in [0.05, 0.1) is 11.2 Å². The number of amides is 1. The molecule has 1 heterocycles. The van der Waals surface area contributed by atoms with Crippen LogP contribution in [-0.4, -0.2) is 36.9 Å². The van der Waals surface area contributed by atoms with Crippen molar-refractivity contribution >= 4 is 29.3 Å². The molecular formula is C21H26BNO4. The standard InChI is InChI=1S/C21H26BNO4/c1-20(2)21(3,4)27-22(26-20)16-7-5-14-6-10-18(12-15(14)11-16)25-13-19(24)23-17-8-9-17/h5-7,10-12,17H,8-9,13H2,1-4H3,(H,23,24). The molecule has 0 radical (unpaired) electrons. The maximum absolute atomic E-state index is 11.8. The minimum absolute atomic E-state index is 0.0406. The van der Waals surface area contributed by atoms with E-state index in [2.05, 4.69) is 17.4 Å². The molecule has 0 spiro atoms. The second-order valence-electron chi connectivity index (χ2n) is 8.49. The Morgan fingerprint density at radius 1 is 1.07 bits per heavy atom. The second kappa shape index (κ2) is 6.53. The molecule has 1 aliphatic heterocycles. The van der Waals surface area contributed by atoms with Crippen LogP contribution < -0.4 is 15.5 Å². The van der Waals surface area contributed by atoms with Gasteiger partial charge in [0.15, 0.2) is 6.61 Å². The Morgan fingerprint density at radius 2 is 1.74 bits per heavy atom. The summed E-state index contributed by atoms with van der Waals surface area (Å²) < 4.78 is 18.0. The molecule has 1 aliphatic carbocycles. The van der Waals surface area contributed by atoms with Crippen molar-refractivity contribution in [3.05, 3.63) is 36.4 Å². The van der Waals surface area contributed by atoms with E-state index in [1.807, 2.05) is 52.0 Å². The first-order valence-electron chi connectivity index (χ1n) is 9.55. The average Bonchev–Trinajstić information content (AvgIpc) is 3.38. The van der Waals surface area contributed by atoms with Crippen LogP contribution >= 0.6 is 0 Å². The third-order valence-electron chi connectivity index (χ3n) is 5.67. The van der Waals surface area contributed by atoms with E-state index in [1.54, 1.807) is 0 Å². The van der Waals surface area contributed by atoms with Crippen LogP contribution in [0.2, 0.25) is 0 Å². The fourth-order valence-corrected chi connectivity index (χ4v) is 3.10. The minimum atomic E-state index is -0.395. The lowest BCUT2D eigenvalue weighted by atomic mass is 9.78. The van der Waals surface area contributed by atoms with E-state index in [0.29, 0.717) is 11.8 Å². The van der Waals surface area contributed by atoms with Crippen LogP contribution in [0.5, 0.6) is 5.75 Å². The Balaban J connectivity index is 1.50. The fourth-order valence-electron chi connectivity index (χ4n) is 3.10. The van der Waals surface area contributed by atoms with Crippen molar-refractivity contribution in [2.24, 2.45) is 0 Å². The number of carbonyl (C=O) groups excluding carboxylic acids is 1. The van der Waals surface area contributed by atoms with Gasteiger partial charge in [0, 0.05) is 6.04 Å². The first-order chi connectivity index (χ1) is 12.7. The summed E-state index contributed by atoms with van der Waals surface area (Å²) in [6.07, 6.45) is 2.15. The van der Waals surface area contributed by atoms with Gasteiger partial charge in [-0.15, -0.1) is 0 Å². The number of ether oxygens (including phenoxy) is 1. The van der Waals surface area contributed by atoms with Gasteiger partial charge in [0.1, 0.15) is 5.75 Å². The van der Waals surface area contributed by atoms with Crippen LogP contribution in [0.15, 0.2) is 36.4 Å². The predicted molar refractivity (Wildman–Crippen MR) is 106 cm³/mol. The van der Waals surface area contributed by atoms with Gasteiger partial charge in [-0.25, -0.2) is 0 Å². The Labute approximate surface area is 160 Å². The van der Waals surface area contributed by atoms with Crippen molar-refractivity contribution in [1.82, 2.24) is 5.32 Å². The van der Waals surface area contributed by atoms with E-state index in [1.165, 1.54) is 0 Å². The van der Waals surface area contributed by atoms with Crippen molar-refractivity contribution < 1.29 is 18.8 Å². The van der Waals surface area contributed by atoms with Gasteiger partial charge in [-0.05, 0) is 68.9 Å². The van der Waals surface area contributed by atoms with Crippen LogP contribution in [0.3, 0.4) is 0 Å². The summed E-state index contributed by atoms with van der Waals surface area (Å²) in [5, 5.41) is 5.06. The first-order valence-corrected chi connectivity index (χ1v) is 9.55. The summed E-state index contributed by atoms with van der Waals surface area (Å²) in [5.41, 5.74) is 0.240. The molecule has 0 bridgehead atoms. The van der Waals surface area contributed by atoms with Crippen molar-refractivity contribution in [3.8, 4) is 5.75 Å². The van der Waals surface area contributed by atoms with Gasteiger partial charge < -0.3 is 19.4 Å². The Hall–Kier alpha value is -2.05. The van der Waals surface area contributed by atoms with E-state index in [0.717, 1.165) is 29.1 Å². The molecule has 2 aliphatic rings. The van der Waals surface area contributed by atoms with Gasteiger partial charge in [-0.3, -0.25) is 4.79 Å². The molecule has 27 heavy (non-hydrogen) atoms. The Morgan fingerprint density at radius 3 is 2.41 bits per heavy atom. The largest absolute Gasteiger partial charge is 0.494 e. The zero-order chi connectivity index (χ0) is 19.2. The van der Waals surface area contributed by atoms with Crippen LogP contribution in [0.4, 0.5) is 0 Å². The van der Waals surface area contributed by atoms with E-state index >= 15 is 0 Å². The van der Waals surface area contributed by atoms with E-state index < -0.39 is 7.12 Å². The second-order valence-corrected chi connectivity index (χ2v) is 8.49. The molecule has 2 fully saturated rings. The highest BCUT2D eigenvalue weighted by molar-refractivity contribution is 6.62. The number of hydrogen-bond donors (Lipinski definition) is 1. The zero-order valence-electron chi connectivity index (χ0n) is 16.4. The number of carbonyl (C=O) groups is 1. The highest BCUT2D eigenvalue weighted by Crippen LogP contribution is 2.36. The van der Waals surface area contributed by atoms with Crippen LogP contribution in [0.25, 0.3) is 10.8 Å². The zero-order valence-corrected chi connectivity index (χ0v) is 16.4. The van der Waals surface area contributed by atoms with Gasteiger partial charge in [-0.1, -0.05) is 24.3 Å². The van der Waals surface area contributed by atoms with Crippen molar-refractivity contribution in [3.63, 3.8) is 0 Å². The Kier molecular flexibility index (Phi) is 4.43. The van der Waals surface area contributed by atoms with Crippen molar-refractivity contribution in [2.75, 3.05) is 6.61 Å². The molecular weight excluding hydrogens is 341 g/mol. The lowest BCUT2D eigenvalue weighted by molar-refractivity contribution is -0.123. The molecule has 1 N–H and O–H groups in total. The maximum Gasteiger partial charge on any atom is 0.494 e. The van der Waals surface area contributed by atoms with Gasteiger partial charge in [0.25, 0.3) is 5.91 Å². The topological polar surface area (TPSA) is 56.8 Å². The molecule has 6 heteroatoms. The van der Waals surface area contributed by atoms with Crippen LogP contribution in [0.1, 0.15) is 40.5 Å². The molecule has 1 saturated heterocycles. The van der Waals surface area contributed by atoms with E-state index in [-0.39, 0.29) is 23.7 Å². The quantitative estimate of drug-likeness (QED) is 0.826. The molecule has 2 aromatic rings. The summed E-state index contributed by atoms with van der Waals surface area (Å²) >= 11 is 0. The van der Waals surface area contributed by atoms with E-state index in [4.69, 9.17) is 14.0 Å². The average molecular weight is 367 g/mol. The maximum atomic E-state index is 11.8. The molecule has 5 nitrogen and oxygen atoms in total. The molecule has 0 aromatic heterocycles. The van der Waals surface area contributed by atoms with Gasteiger partial charge >= 0.3 is 7.12 Å². The lowest BCUT2D eigenvalue weighted by Crippen LogP contribution is -2.41. The third-order valence-corrected chi connectivity index (χ3v) is 5.67. The number of nitrogens with one attached hydrogen (secondary N) is 1. The number of benzene rings is 2. The third kappa shape index (κ3) is 3.82. The summed E-state index contributed by atoms with van der Waals surface area (Å²) in [4.78, 5) is 11.8. The fraction of sp³-hybridized carbons (Fsp3) is 0.476. The SMILES string of the molecule is CC1(C)OB(c2ccc3ccc(OCC(=O)NC4CC4)cc3c2)OC1(C)C. The first kappa shape index (κ1) is 18.3. The summed E-state index contributed by atoms with van der Waals surface area (Å²) in [5.74, 6) is 0.614. The van der Waals surface area contributed by atoms with E-state index in [9.17, 15) is 4.79 Å². The lowest BCUT2D eigenvalue weighted by Gasteiger charge is -2.32. The number of rotatable bonds is 5. The number of hydrogen-bond acceptors (Lipinski definition) is 4. The molecule has 4 rings (SSSR count). The highest BCUT2D eigenvalue weighted by Gasteiger charge is 2.51. The normalized spacial score (nSPS) is 20.7. The summed E-state index contributed by atoms with van der Waals surface area (Å²) in [6, 6.07) is 12.3. The molecule has 142 valence electrons. The van der Waals surface area contributed by atoms with Crippen LogP contribution in [-0.2, 0) is 14.1 Å². The molecule has 2 aromatic carbocycles. The monoisotopic (exact) mass is 367 g/mol. The highest BCUT2D eigenvalue weighted by atomic mass is 16.7. The number of fused-ring (bicyclic) bond motifs is 1. The van der Waals surface area contributed by atoms with Crippen molar-refractivity contribution in [1.29, 1.82) is 0 Å². The predicted octanol–water partition coefficient (Wildman–Crippen LogP) is 2.80. The van der Waals surface area contributed by atoms with Gasteiger partial charge in [0.2, 0.25) is 0 Å². The molecule has 1 saturated carbocycles. The smallest absolute Gasteiger partial charge is 0.484 e. The Bertz CT molecular complexity index is 860. The van der Waals surface area contributed by atoms with Crippen LogP contribution in [0, 0.1) is 0 Å². The summed E-state index contributed by atoms with van der Waals surface area (Å²) in [6.45, 7) is 8.23. The summed E-state index contributed by atoms with van der Waals surface area (Å²) in [7, 11) is -0.395. The molecule has 0 unspecified atom stereocenters.